The summed E-state index contributed by atoms with van der Waals surface area (Å²) in [6.45, 7) is 1.05. The Bertz CT molecular complexity index is 762. The molecular weight excluding hydrogens is 284 g/mol. The minimum Gasteiger partial charge on any atom is -0.487 e. The van der Waals surface area contributed by atoms with Crippen LogP contribution in [0.2, 0.25) is 5.02 Å². The lowest BCUT2D eigenvalue weighted by atomic mass is 10.1. The smallest absolute Gasteiger partial charge is 0.128 e. The number of benzene rings is 2. The zero-order valence-electron chi connectivity index (χ0n) is 11.8. The van der Waals surface area contributed by atoms with Crippen molar-refractivity contribution in [2.45, 2.75) is 13.2 Å². The van der Waals surface area contributed by atoms with Gasteiger partial charge in [-0.3, -0.25) is 0 Å². The summed E-state index contributed by atoms with van der Waals surface area (Å²) in [7, 11) is 2.04. The molecule has 4 heteroatoms. The predicted octanol–water partition coefficient (Wildman–Crippen LogP) is 3.87. The Morgan fingerprint density at radius 2 is 1.90 bits per heavy atom. The molecule has 0 unspecified atom stereocenters. The molecule has 0 spiro atoms. The van der Waals surface area contributed by atoms with Gasteiger partial charge in [-0.15, -0.1) is 0 Å². The third-order valence-electron chi connectivity index (χ3n) is 3.70. The molecule has 2 aromatic carbocycles. The summed E-state index contributed by atoms with van der Waals surface area (Å²) in [5.41, 5.74) is 9.24. The van der Waals surface area contributed by atoms with Crippen LogP contribution in [0.1, 0.15) is 11.3 Å². The van der Waals surface area contributed by atoms with Crippen molar-refractivity contribution in [3.63, 3.8) is 0 Å². The fourth-order valence-electron chi connectivity index (χ4n) is 2.48. The summed E-state index contributed by atoms with van der Waals surface area (Å²) in [5.74, 6) is 0.809. The first-order valence-corrected chi connectivity index (χ1v) is 7.21. The summed E-state index contributed by atoms with van der Waals surface area (Å²) in [5, 5.41) is 1.90. The van der Waals surface area contributed by atoms with Crippen LogP contribution in [0.4, 0.5) is 0 Å². The lowest BCUT2D eigenvalue weighted by molar-refractivity contribution is 0.298. The Balaban J connectivity index is 1.87. The zero-order chi connectivity index (χ0) is 14.8. The molecule has 0 aliphatic heterocycles. The van der Waals surface area contributed by atoms with Gasteiger partial charge in [-0.1, -0.05) is 23.7 Å². The second kappa shape index (κ2) is 5.80. The number of hydrogen-bond acceptors (Lipinski definition) is 2. The molecule has 0 atom stereocenters. The van der Waals surface area contributed by atoms with Crippen LogP contribution in [0.15, 0.2) is 48.5 Å². The second-order valence-electron chi connectivity index (χ2n) is 4.99. The number of nitrogens with two attached hydrogens (primary N) is 1. The van der Waals surface area contributed by atoms with Crippen LogP contribution in [0.3, 0.4) is 0 Å². The van der Waals surface area contributed by atoms with Crippen molar-refractivity contribution in [2.75, 3.05) is 0 Å². The van der Waals surface area contributed by atoms with E-state index in [1.165, 1.54) is 10.9 Å². The fraction of sp³-hybridized carbons (Fsp3) is 0.176. The average Bonchev–Trinajstić information content (AvgIpc) is 2.83. The van der Waals surface area contributed by atoms with Crippen molar-refractivity contribution >= 4 is 22.5 Å². The summed E-state index contributed by atoms with van der Waals surface area (Å²) < 4.78 is 7.96. The van der Waals surface area contributed by atoms with Crippen LogP contribution in [-0.4, -0.2) is 4.57 Å². The van der Waals surface area contributed by atoms with Crippen molar-refractivity contribution < 1.29 is 4.74 Å². The van der Waals surface area contributed by atoms with Crippen LogP contribution in [0, 0.1) is 0 Å². The Morgan fingerprint density at radius 1 is 1.14 bits per heavy atom. The molecule has 0 saturated carbocycles. The van der Waals surface area contributed by atoms with Gasteiger partial charge in [-0.2, -0.15) is 0 Å². The molecule has 0 radical (unpaired) electrons. The SMILES string of the molecule is Cn1c(COc2ccc(Cl)cc2)cc2c(CN)cccc21. The van der Waals surface area contributed by atoms with Gasteiger partial charge in [-0.25, -0.2) is 0 Å². The first kappa shape index (κ1) is 14.0. The average molecular weight is 301 g/mol. The van der Waals surface area contributed by atoms with E-state index in [1.54, 1.807) is 0 Å². The summed E-state index contributed by atoms with van der Waals surface area (Å²) in [6, 6.07) is 15.7. The van der Waals surface area contributed by atoms with Gasteiger partial charge in [0.2, 0.25) is 0 Å². The van der Waals surface area contributed by atoms with Gasteiger partial charge < -0.3 is 15.0 Å². The quantitative estimate of drug-likeness (QED) is 0.794. The van der Waals surface area contributed by atoms with Gasteiger partial charge in [0.25, 0.3) is 0 Å². The summed E-state index contributed by atoms with van der Waals surface area (Å²) in [4.78, 5) is 0. The van der Waals surface area contributed by atoms with Gasteiger partial charge in [0.1, 0.15) is 12.4 Å². The zero-order valence-corrected chi connectivity index (χ0v) is 12.6. The molecule has 0 amide bonds. The molecule has 1 heterocycles. The molecule has 21 heavy (non-hydrogen) atoms. The maximum atomic E-state index is 5.87. The van der Waals surface area contributed by atoms with Gasteiger partial charge in [0.05, 0.1) is 5.69 Å². The van der Waals surface area contributed by atoms with E-state index in [1.807, 2.05) is 37.4 Å². The first-order chi connectivity index (χ1) is 10.2. The van der Waals surface area contributed by atoms with Crippen LogP contribution in [0.5, 0.6) is 5.75 Å². The number of fused-ring (bicyclic) bond motifs is 1. The van der Waals surface area contributed by atoms with Gasteiger partial charge >= 0.3 is 0 Å². The number of ether oxygens (including phenoxy) is 1. The number of halogens is 1. The number of nitrogens with zero attached hydrogens (tertiary/aromatic N) is 1. The predicted molar refractivity (Wildman–Crippen MR) is 86.6 cm³/mol. The minimum absolute atomic E-state index is 0.511. The Kier molecular flexibility index (Phi) is 3.86. The number of rotatable bonds is 4. The highest BCUT2D eigenvalue weighted by atomic mass is 35.5. The molecule has 3 nitrogen and oxygen atoms in total. The molecule has 3 aromatic rings. The Morgan fingerprint density at radius 3 is 2.62 bits per heavy atom. The van der Waals surface area contributed by atoms with E-state index in [0.717, 1.165) is 17.0 Å². The monoisotopic (exact) mass is 300 g/mol. The standard InChI is InChI=1S/C17H17ClN2O/c1-20-14(11-21-15-7-5-13(18)6-8-15)9-16-12(10-19)3-2-4-17(16)20/h2-9H,10-11,19H2,1H3. The highest BCUT2D eigenvalue weighted by Crippen LogP contribution is 2.24. The molecule has 0 bridgehead atoms. The van der Waals surface area contributed by atoms with Crippen LogP contribution in [0.25, 0.3) is 10.9 Å². The maximum Gasteiger partial charge on any atom is 0.128 e. The molecule has 3 rings (SSSR count). The molecule has 1 aromatic heterocycles. The van der Waals surface area contributed by atoms with E-state index in [0.29, 0.717) is 18.2 Å². The third-order valence-corrected chi connectivity index (χ3v) is 3.95. The Labute approximate surface area is 128 Å². The molecule has 0 aliphatic carbocycles. The second-order valence-corrected chi connectivity index (χ2v) is 5.43. The normalized spacial score (nSPS) is 11.0. The molecular formula is C17H17ClN2O. The van der Waals surface area contributed by atoms with Gasteiger partial charge in [0, 0.05) is 29.5 Å². The lowest BCUT2D eigenvalue weighted by Gasteiger charge is -2.07. The van der Waals surface area contributed by atoms with Crippen molar-refractivity contribution in [3.8, 4) is 5.75 Å². The maximum absolute atomic E-state index is 5.87. The molecule has 0 saturated heterocycles. The van der Waals surface area contributed by atoms with Crippen molar-refractivity contribution in [2.24, 2.45) is 12.8 Å². The first-order valence-electron chi connectivity index (χ1n) is 6.83. The van der Waals surface area contributed by atoms with E-state index in [9.17, 15) is 0 Å². The highest BCUT2D eigenvalue weighted by molar-refractivity contribution is 6.30. The molecule has 0 aliphatic rings. The van der Waals surface area contributed by atoms with Crippen molar-refractivity contribution in [3.05, 3.63) is 64.8 Å². The number of aryl methyl sites for hydroxylation is 1. The Hall–Kier alpha value is -1.97. The van der Waals surface area contributed by atoms with E-state index in [-0.39, 0.29) is 0 Å². The van der Waals surface area contributed by atoms with Gasteiger partial charge in [-0.05, 0) is 42.0 Å². The lowest BCUT2D eigenvalue weighted by Crippen LogP contribution is -2.01. The van der Waals surface area contributed by atoms with Crippen molar-refractivity contribution in [1.82, 2.24) is 4.57 Å². The highest BCUT2D eigenvalue weighted by Gasteiger charge is 2.09. The van der Waals surface area contributed by atoms with Crippen molar-refractivity contribution in [1.29, 1.82) is 0 Å². The molecule has 2 N–H and O–H groups in total. The summed E-state index contributed by atoms with van der Waals surface area (Å²) in [6.07, 6.45) is 0. The minimum atomic E-state index is 0.511. The molecule has 0 fully saturated rings. The van der Waals surface area contributed by atoms with Crippen LogP contribution in [-0.2, 0) is 20.2 Å². The topological polar surface area (TPSA) is 40.2 Å². The van der Waals surface area contributed by atoms with E-state index < -0.39 is 0 Å². The van der Waals surface area contributed by atoms with E-state index >= 15 is 0 Å². The summed E-state index contributed by atoms with van der Waals surface area (Å²) >= 11 is 5.87. The van der Waals surface area contributed by atoms with Crippen LogP contribution >= 0.6 is 11.6 Å². The fourth-order valence-corrected chi connectivity index (χ4v) is 2.61. The van der Waals surface area contributed by atoms with Crippen LogP contribution < -0.4 is 10.5 Å². The number of aromatic nitrogens is 1. The molecule has 108 valence electrons. The van der Waals surface area contributed by atoms with E-state index in [4.69, 9.17) is 22.1 Å². The largest absolute Gasteiger partial charge is 0.487 e. The third kappa shape index (κ3) is 2.75. The number of hydrogen-bond donors (Lipinski definition) is 1. The van der Waals surface area contributed by atoms with E-state index in [2.05, 4.69) is 22.8 Å². The van der Waals surface area contributed by atoms with Gasteiger partial charge in [0.15, 0.2) is 0 Å².